The Labute approximate surface area is 132 Å². The Balaban J connectivity index is 2.17. The summed E-state index contributed by atoms with van der Waals surface area (Å²) in [7, 11) is 1.58. The molecule has 4 heteroatoms. The molecule has 0 N–H and O–H groups in total. The SMILES string of the molecule is C=C(C)C(=O)OC1C(Cc2ccccc2)CCCO[C@@H]1OC. The van der Waals surface area contributed by atoms with E-state index in [0.717, 1.165) is 19.3 Å². The molecule has 2 rings (SSSR count). The van der Waals surface area contributed by atoms with Crippen LogP contribution in [0.2, 0.25) is 0 Å². The first-order valence-electron chi connectivity index (χ1n) is 7.66. The Morgan fingerprint density at radius 3 is 2.73 bits per heavy atom. The summed E-state index contributed by atoms with van der Waals surface area (Å²) in [5, 5.41) is 0. The van der Waals surface area contributed by atoms with E-state index in [2.05, 4.69) is 18.7 Å². The van der Waals surface area contributed by atoms with Gasteiger partial charge in [-0.2, -0.15) is 0 Å². The second-order valence-corrected chi connectivity index (χ2v) is 5.72. The molecule has 3 atom stereocenters. The predicted molar refractivity (Wildman–Crippen MR) is 84.3 cm³/mol. The standard InChI is InChI=1S/C18H24O4/c1-13(2)17(19)22-16-15(10-7-11-21-18(16)20-3)12-14-8-5-4-6-9-14/h4-6,8-9,15-16,18H,1,7,10-12H2,2-3H3/t15?,16?,18-/m0/s1. The van der Waals surface area contributed by atoms with Crippen LogP contribution in [0.1, 0.15) is 25.3 Å². The van der Waals surface area contributed by atoms with E-state index >= 15 is 0 Å². The molecule has 120 valence electrons. The highest BCUT2D eigenvalue weighted by Crippen LogP contribution is 2.28. The third-order valence-electron chi connectivity index (χ3n) is 3.90. The number of carbonyl (C=O) groups is 1. The summed E-state index contributed by atoms with van der Waals surface area (Å²) in [6.07, 6.45) is 1.75. The van der Waals surface area contributed by atoms with Crippen LogP contribution in [0.5, 0.6) is 0 Å². The van der Waals surface area contributed by atoms with Crippen molar-refractivity contribution >= 4 is 5.97 Å². The maximum Gasteiger partial charge on any atom is 0.333 e. The minimum Gasteiger partial charge on any atom is -0.453 e. The molecular weight excluding hydrogens is 280 g/mol. The molecule has 0 amide bonds. The normalized spacial score (nSPS) is 25.3. The molecule has 1 heterocycles. The van der Waals surface area contributed by atoms with Gasteiger partial charge < -0.3 is 14.2 Å². The molecule has 0 aromatic heterocycles. The van der Waals surface area contributed by atoms with Gasteiger partial charge in [-0.25, -0.2) is 4.79 Å². The molecule has 22 heavy (non-hydrogen) atoms. The minimum absolute atomic E-state index is 0.165. The van der Waals surface area contributed by atoms with Crippen molar-refractivity contribution < 1.29 is 19.0 Å². The molecule has 2 unspecified atom stereocenters. The first kappa shape index (κ1) is 16.7. The zero-order valence-corrected chi connectivity index (χ0v) is 13.3. The van der Waals surface area contributed by atoms with Crippen molar-refractivity contribution in [1.82, 2.24) is 0 Å². The van der Waals surface area contributed by atoms with E-state index in [9.17, 15) is 4.79 Å². The van der Waals surface area contributed by atoms with E-state index in [1.165, 1.54) is 5.56 Å². The van der Waals surface area contributed by atoms with E-state index in [1.54, 1.807) is 14.0 Å². The number of ether oxygens (including phenoxy) is 3. The van der Waals surface area contributed by atoms with Crippen molar-refractivity contribution in [3.8, 4) is 0 Å². The first-order valence-corrected chi connectivity index (χ1v) is 7.66. The lowest BCUT2D eigenvalue weighted by Gasteiger charge is -2.30. The van der Waals surface area contributed by atoms with Gasteiger partial charge in [0, 0.05) is 25.2 Å². The van der Waals surface area contributed by atoms with Crippen LogP contribution in [0.15, 0.2) is 42.5 Å². The lowest BCUT2D eigenvalue weighted by atomic mass is 9.90. The van der Waals surface area contributed by atoms with E-state index in [0.29, 0.717) is 12.2 Å². The smallest absolute Gasteiger partial charge is 0.333 e. The van der Waals surface area contributed by atoms with Gasteiger partial charge in [0.15, 0.2) is 12.4 Å². The van der Waals surface area contributed by atoms with Crippen LogP contribution in [-0.2, 0) is 25.4 Å². The van der Waals surface area contributed by atoms with Gasteiger partial charge in [0.2, 0.25) is 0 Å². The van der Waals surface area contributed by atoms with E-state index in [1.807, 2.05) is 18.2 Å². The third kappa shape index (κ3) is 4.42. The third-order valence-corrected chi connectivity index (χ3v) is 3.90. The first-order chi connectivity index (χ1) is 10.6. The Hall–Kier alpha value is -1.65. The van der Waals surface area contributed by atoms with Gasteiger partial charge in [-0.3, -0.25) is 0 Å². The number of methoxy groups -OCH3 is 1. The summed E-state index contributed by atoms with van der Waals surface area (Å²) < 4.78 is 16.7. The molecule has 0 radical (unpaired) electrons. The molecule has 1 aliphatic heterocycles. The highest BCUT2D eigenvalue weighted by atomic mass is 16.7. The highest BCUT2D eigenvalue weighted by Gasteiger charge is 2.36. The molecule has 0 bridgehead atoms. The van der Waals surface area contributed by atoms with Gasteiger partial charge in [0.1, 0.15) is 0 Å². The van der Waals surface area contributed by atoms with Crippen LogP contribution in [0.4, 0.5) is 0 Å². The van der Waals surface area contributed by atoms with Crippen LogP contribution in [-0.4, -0.2) is 32.1 Å². The monoisotopic (exact) mass is 304 g/mol. The molecule has 0 aliphatic carbocycles. The summed E-state index contributed by atoms with van der Waals surface area (Å²) in [6, 6.07) is 10.2. The lowest BCUT2D eigenvalue weighted by molar-refractivity contribution is -0.201. The van der Waals surface area contributed by atoms with Crippen molar-refractivity contribution in [1.29, 1.82) is 0 Å². The summed E-state index contributed by atoms with van der Waals surface area (Å²) in [6.45, 7) is 5.91. The van der Waals surface area contributed by atoms with Crippen molar-refractivity contribution in [3.63, 3.8) is 0 Å². The van der Waals surface area contributed by atoms with Crippen molar-refractivity contribution in [3.05, 3.63) is 48.0 Å². The maximum atomic E-state index is 11.9. The van der Waals surface area contributed by atoms with E-state index < -0.39 is 18.4 Å². The average Bonchev–Trinajstić information content (AvgIpc) is 2.71. The average molecular weight is 304 g/mol. The van der Waals surface area contributed by atoms with Crippen molar-refractivity contribution in [2.75, 3.05) is 13.7 Å². The second-order valence-electron chi connectivity index (χ2n) is 5.72. The quantitative estimate of drug-likeness (QED) is 0.619. The summed E-state index contributed by atoms with van der Waals surface area (Å²) in [4.78, 5) is 11.9. The molecule has 1 fully saturated rings. The molecule has 0 saturated carbocycles. The fraction of sp³-hybridized carbons (Fsp3) is 0.500. The Morgan fingerprint density at radius 2 is 2.09 bits per heavy atom. The number of hydrogen-bond donors (Lipinski definition) is 0. The second kappa shape index (κ2) is 8.11. The number of esters is 1. The molecule has 1 aliphatic rings. The summed E-state index contributed by atoms with van der Waals surface area (Å²) >= 11 is 0. The fourth-order valence-electron chi connectivity index (χ4n) is 2.74. The van der Waals surface area contributed by atoms with Crippen LogP contribution in [0.3, 0.4) is 0 Å². The minimum atomic E-state index is -0.528. The topological polar surface area (TPSA) is 44.8 Å². The largest absolute Gasteiger partial charge is 0.453 e. The molecular formula is C18H24O4. The van der Waals surface area contributed by atoms with Crippen molar-refractivity contribution in [2.45, 2.75) is 38.6 Å². The maximum absolute atomic E-state index is 11.9. The fourth-order valence-corrected chi connectivity index (χ4v) is 2.74. The zero-order chi connectivity index (χ0) is 15.9. The number of carbonyl (C=O) groups excluding carboxylic acids is 1. The van der Waals surface area contributed by atoms with E-state index in [-0.39, 0.29) is 5.92 Å². The lowest BCUT2D eigenvalue weighted by Crippen LogP contribution is -2.40. The Bertz CT molecular complexity index is 497. The number of rotatable bonds is 5. The highest BCUT2D eigenvalue weighted by molar-refractivity contribution is 5.87. The van der Waals surface area contributed by atoms with Crippen molar-refractivity contribution in [2.24, 2.45) is 5.92 Å². The predicted octanol–water partition coefficient (Wildman–Crippen LogP) is 3.12. The summed E-state index contributed by atoms with van der Waals surface area (Å²) in [5.41, 5.74) is 1.61. The zero-order valence-electron chi connectivity index (χ0n) is 13.3. The van der Waals surface area contributed by atoms with Crippen LogP contribution in [0, 0.1) is 5.92 Å². The Kier molecular flexibility index (Phi) is 6.16. The number of hydrogen-bond acceptors (Lipinski definition) is 4. The van der Waals surface area contributed by atoms with Gasteiger partial charge in [-0.1, -0.05) is 36.9 Å². The van der Waals surface area contributed by atoms with E-state index in [4.69, 9.17) is 14.2 Å². The van der Waals surface area contributed by atoms with Gasteiger partial charge in [-0.15, -0.1) is 0 Å². The molecule has 0 spiro atoms. The molecule has 1 saturated heterocycles. The van der Waals surface area contributed by atoms with Crippen LogP contribution < -0.4 is 0 Å². The summed E-state index contributed by atoms with van der Waals surface area (Å²) in [5.74, 6) is -0.228. The van der Waals surface area contributed by atoms with Crippen LogP contribution in [0.25, 0.3) is 0 Å². The van der Waals surface area contributed by atoms with Gasteiger partial charge in [0.25, 0.3) is 0 Å². The molecule has 4 nitrogen and oxygen atoms in total. The van der Waals surface area contributed by atoms with Crippen LogP contribution >= 0.6 is 0 Å². The van der Waals surface area contributed by atoms with Gasteiger partial charge in [0.05, 0.1) is 0 Å². The number of benzene rings is 1. The Morgan fingerprint density at radius 1 is 1.36 bits per heavy atom. The van der Waals surface area contributed by atoms with Gasteiger partial charge >= 0.3 is 5.97 Å². The molecule has 1 aromatic carbocycles. The molecule has 1 aromatic rings. The van der Waals surface area contributed by atoms with Gasteiger partial charge in [-0.05, 0) is 31.7 Å².